The summed E-state index contributed by atoms with van der Waals surface area (Å²) in [6.45, 7) is -0.0231. The van der Waals surface area contributed by atoms with Crippen molar-refractivity contribution in [1.29, 1.82) is 0 Å². The maximum absolute atomic E-state index is 11.7. The van der Waals surface area contributed by atoms with Crippen LogP contribution in [0.3, 0.4) is 0 Å². The van der Waals surface area contributed by atoms with Crippen molar-refractivity contribution in [3.8, 4) is 5.75 Å². The Morgan fingerprint density at radius 1 is 1.40 bits per heavy atom. The number of carbonyl (C=O) groups excluding carboxylic acids is 1. The molecule has 1 fully saturated rings. The van der Waals surface area contributed by atoms with Crippen LogP contribution in [-0.4, -0.2) is 18.2 Å². The summed E-state index contributed by atoms with van der Waals surface area (Å²) in [6, 6.07) is 7.36. The van der Waals surface area contributed by atoms with Crippen molar-refractivity contribution in [1.82, 2.24) is 5.43 Å². The van der Waals surface area contributed by atoms with Crippen LogP contribution >= 0.6 is 15.9 Å². The third-order valence-corrected chi connectivity index (χ3v) is 4.20. The predicted molar refractivity (Wildman–Crippen MR) is 80.6 cm³/mol. The van der Waals surface area contributed by atoms with Crippen LogP contribution in [-0.2, 0) is 4.79 Å². The molecular formula is C15H15BrN2O2. The van der Waals surface area contributed by atoms with Gasteiger partial charge in [-0.25, -0.2) is 5.43 Å². The Morgan fingerprint density at radius 3 is 2.95 bits per heavy atom. The van der Waals surface area contributed by atoms with Gasteiger partial charge in [-0.2, -0.15) is 5.10 Å². The maximum atomic E-state index is 11.7. The summed E-state index contributed by atoms with van der Waals surface area (Å²) in [5.74, 6) is 1.60. The van der Waals surface area contributed by atoms with Crippen molar-refractivity contribution in [2.24, 2.45) is 16.9 Å². The number of hydrogen-bond donors (Lipinski definition) is 1. The van der Waals surface area contributed by atoms with E-state index < -0.39 is 0 Å². The quantitative estimate of drug-likeness (QED) is 0.679. The van der Waals surface area contributed by atoms with E-state index in [0.717, 1.165) is 23.0 Å². The van der Waals surface area contributed by atoms with E-state index in [1.165, 1.54) is 0 Å². The molecule has 1 saturated carbocycles. The van der Waals surface area contributed by atoms with E-state index in [-0.39, 0.29) is 12.5 Å². The lowest BCUT2D eigenvalue weighted by molar-refractivity contribution is -0.123. The number of hydrogen-bond acceptors (Lipinski definition) is 3. The van der Waals surface area contributed by atoms with Crippen molar-refractivity contribution in [2.75, 3.05) is 6.61 Å². The average molecular weight is 335 g/mol. The van der Waals surface area contributed by atoms with Gasteiger partial charge in [0.2, 0.25) is 0 Å². The van der Waals surface area contributed by atoms with Crippen LogP contribution < -0.4 is 10.2 Å². The molecule has 0 aromatic heterocycles. The fourth-order valence-corrected chi connectivity index (χ4v) is 2.77. The van der Waals surface area contributed by atoms with Crippen molar-refractivity contribution in [2.45, 2.75) is 12.8 Å². The summed E-state index contributed by atoms with van der Waals surface area (Å²) in [5.41, 5.74) is 3.66. The molecule has 104 valence electrons. The lowest BCUT2D eigenvalue weighted by Crippen LogP contribution is -2.36. The van der Waals surface area contributed by atoms with Crippen LogP contribution in [0.4, 0.5) is 0 Å². The second kappa shape index (κ2) is 5.79. The molecule has 0 heterocycles. The number of ether oxygens (including phenoxy) is 1. The second-order valence-electron chi connectivity index (χ2n) is 5.02. The Kier molecular flexibility index (Phi) is 3.87. The first-order valence-electron chi connectivity index (χ1n) is 6.63. The first-order valence-corrected chi connectivity index (χ1v) is 7.42. The number of fused-ring (bicyclic) bond motifs is 1. The van der Waals surface area contributed by atoms with Crippen molar-refractivity contribution < 1.29 is 9.53 Å². The molecule has 0 spiro atoms. The van der Waals surface area contributed by atoms with E-state index in [9.17, 15) is 4.79 Å². The molecular weight excluding hydrogens is 320 g/mol. The molecule has 0 radical (unpaired) electrons. The van der Waals surface area contributed by atoms with E-state index >= 15 is 0 Å². The number of nitrogens with zero attached hydrogens (tertiary/aromatic N) is 1. The minimum absolute atomic E-state index is 0.0231. The molecule has 5 heteroatoms. The normalized spacial score (nSPS) is 25.1. The van der Waals surface area contributed by atoms with Crippen LogP contribution in [0.15, 0.2) is 46.0 Å². The molecule has 2 aliphatic carbocycles. The molecule has 1 N–H and O–H groups in total. The van der Waals surface area contributed by atoms with Gasteiger partial charge < -0.3 is 4.74 Å². The number of nitrogens with one attached hydrogen (secondary N) is 1. The van der Waals surface area contributed by atoms with Crippen molar-refractivity contribution in [3.63, 3.8) is 0 Å². The Hall–Kier alpha value is -1.62. The van der Waals surface area contributed by atoms with E-state index in [4.69, 9.17) is 4.74 Å². The minimum Gasteiger partial charge on any atom is -0.484 e. The zero-order chi connectivity index (χ0) is 13.9. The number of allylic oxidation sites excluding steroid dienone is 2. The molecule has 0 unspecified atom stereocenters. The van der Waals surface area contributed by atoms with Crippen molar-refractivity contribution in [3.05, 3.63) is 40.9 Å². The Morgan fingerprint density at radius 2 is 2.20 bits per heavy atom. The van der Waals surface area contributed by atoms with Gasteiger partial charge in [-0.3, -0.25) is 4.79 Å². The number of carbonyl (C=O) groups is 1. The first-order chi connectivity index (χ1) is 9.72. The molecule has 4 nitrogen and oxygen atoms in total. The monoisotopic (exact) mass is 334 g/mol. The topological polar surface area (TPSA) is 50.7 Å². The fourth-order valence-electron chi connectivity index (χ4n) is 2.51. The highest BCUT2D eigenvalue weighted by molar-refractivity contribution is 9.10. The van der Waals surface area contributed by atoms with Gasteiger partial charge in [-0.05, 0) is 43.0 Å². The van der Waals surface area contributed by atoms with Gasteiger partial charge in [0.15, 0.2) is 6.61 Å². The van der Waals surface area contributed by atoms with Crippen molar-refractivity contribution >= 4 is 27.5 Å². The van der Waals surface area contributed by atoms with Gasteiger partial charge in [-0.1, -0.05) is 28.1 Å². The zero-order valence-corrected chi connectivity index (χ0v) is 12.5. The highest BCUT2D eigenvalue weighted by Gasteiger charge is 2.37. The van der Waals surface area contributed by atoms with Gasteiger partial charge in [0, 0.05) is 16.1 Å². The molecule has 3 rings (SSSR count). The molecule has 0 saturated heterocycles. The number of benzene rings is 1. The lowest BCUT2D eigenvalue weighted by atomic mass is 9.74. The highest BCUT2D eigenvalue weighted by atomic mass is 79.9. The SMILES string of the molecule is O=C(COc1ccc(Br)cc1)N/N=C1/C[C@H]2C=CC[C@@H]12. The predicted octanol–water partition coefficient (Wildman–Crippen LogP) is 2.90. The molecule has 1 aromatic carbocycles. The third-order valence-electron chi connectivity index (χ3n) is 3.67. The summed E-state index contributed by atoms with van der Waals surface area (Å²) >= 11 is 3.35. The summed E-state index contributed by atoms with van der Waals surface area (Å²) in [5, 5.41) is 4.19. The maximum Gasteiger partial charge on any atom is 0.277 e. The van der Waals surface area contributed by atoms with E-state index in [0.29, 0.717) is 17.6 Å². The summed E-state index contributed by atoms with van der Waals surface area (Å²) in [4.78, 5) is 11.7. The average Bonchev–Trinajstić information content (AvgIpc) is 2.80. The van der Waals surface area contributed by atoms with Gasteiger partial charge in [0.1, 0.15) is 5.75 Å². The number of amides is 1. The zero-order valence-electron chi connectivity index (χ0n) is 10.9. The van der Waals surface area contributed by atoms with E-state index in [2.05, 4.69) is 38.6 Å². The molecule has 2 atom stereocenters. The minimum atomic E-state index is -0.227. The van der Waals surface area contributed by atoms with Crippen LogP contribution in [0.1, 0.15) is 12.8 Å². The second-order valence-corrected chi connectivity index (χ2v) is 5.93. The number of hydrazone groups is 1. The van der Waals surface area contributed by atoms with Crippen LogP contribution in [0.25, 0.3) is 0 Å². The molecule has 20 heavy (non-hydrogen) atoms. The van der Waals surface area contributed by atoms with Crippen LogP contribution in [0.2, 0.25) is 0 Å². The van der Waals surface area contributed by atoms with Gasteiger partial charge in [0.25, 0.3) is 5.91 Å². The Bertz CT molecular complexity index is 566. The third kappa shape index (κ3) is 2.93. The lowest BCUT2D eigenvalue weighted by Gasteiger charge is -2.31. The molecule has 1 amide bonds. The smallest absolute Gasteiger partial charge is 0.277 e. The van der Waals surface area contributed by atoms with E-state index in [1.54, 1.807) is 0 Å². The molecule has 2 aliphatic rings. The summed E-state index contributed by atoms with van der Waals surface area (Å²) in [6.07, 6.45) is 6.45. The van der Waals surface area contributed by atoms with Gasteiger partial charge in [0.05, 0.1) is 0 Å². The van der Waals surface area contributed by atoms with E-state index in [1.807, 2.05) is 24.3 Å². The number of rotatable bonds is 4. The molecule has 1 aromatic rings. The van der Waals surface area contributed by atoms with Crippen LogP contribution in [0.5, 0.6) is 5.75 Å². The molecule has 0 bridgehead atoms. The fraction of sp³-hybridized carbons (Fsp3) is 0.333. The highest BCUT2D eigenvalue weighted by Crippen LogP contribution is 2.39. The Balaban J connectivity index is 1.44. The Labute approximate surface area is 126 Å². The summed E-state index contributed by atoms with van der Waals surface area (Å²) < 4.78 is 6.36. The van der Waals surface area contributed by atoms with Gasteiger partial charge >= 0.3 is 0 Å². The summed E-state index contributed by atoms with van der Waals surface area (Å²) in [7, 11) is 0. The molecule has 0 aliphatic heterocycles. The largest absolute Gasteiger partial charge is 0.484 e. The first kappa shape index (κ1) is 13.4. The number of halogens is 1. The standard InChI is InChI=1S/C15H15BrN2O2/c16-11-4-6-12(7-5-11)20-9-15(19)18-17-14-8-10-2-1-3-13(10)14/h1-2,4-7,10,13H,3,8-9H2,(H,18,19)/b17-14-/t10-,13-/m1/s1. The van der Waals surface area contributed by atoms with Gasteiger partial charge in [-0.15, -0.1) is 0 Å². The van der Waals surface area contributed by atoms with Crippen LogP contribution in [0, 0.1) is 11.8 Å².